The quantitative estimate of drug-likeness (QED) is 0.409. The van der Waals surface area contributed by atoms with Gasteiger partial charge in [0.05, 0.1) is 18.3 Å². The SMILES string of the molecule is C=C1/C(=C/C=C2/CCC[C@@]3(C)C2CC[C@@H]3C(C)CCCC(C)O)C[C@@H](O)[C@H](CCC)[C@@H]1O. The number of hydrogen-bond acceptors (Lipinski definition) is 3. The zero-order valence-corrected chi connectivity index (χ0v) is 21.0. The Morgan fingerprint density at radius 2 is 1.91 bits per heavy atom. The molecule has 8 atom stereocenters. The average molecular weight is 445 g/mol. The minimum Gasteiger partial charge on any atom is -0.393 e. The maximum absolute atomic E-state index is 10.7. The molecule has 3 rings (SSSR count). The van der Waals surface area contributed by atoms with Gasteiger partial charge in [-0.05, 0) is 92.6 Å². The monoisotopic (exact) mass is 444 g/mol. The van der Waals surface area contributed by atoms with Crippen molar-refractivity contribution in [3.05, 3.63) is 35.5 Å². The molecule has 32 heavy (non-hydrogen) atoms. The van der Waals surface area contributed by atoms with Crippen LogP contribution in [0.2, 0.25) is 0 Å². The second-order valence-electron chi connectivity index (χ2n) is 11.5. The molecule has 3 N–H and O–H groups in total. The Labute approximate surface area is 196 Å². The zero-order valence-electron chi connectivity index (χ0n) is 21.0. The van der Waals surface area contributed by atoms with Gasteiger partial charge in [0, 0.05) is 5.92 Å². The van der Waals surface area contributed by atoms with Crippen LogP contribution in [0, 0.1) is 29.1 Å². The van der Waals surface area contributed by atoms with Gasteiger partial charge in [0.2, 0.25) is 0 Å². The molecular formula is C29H48O3. The Morgan fingerprint density at radius 3 is 2.59 bits per heavy atom. The molecule has 0 spiro atoms. The van der Waals surface area contributed by atoms with Crippen LogP contribution >= 0.6 is 0 Å². The fourth-order valence-corrected chi connectivity index (χ4v) is 7.38. The van der Waals surface area contributed by atoms with E-state index in [4.69, 9.17) is 0 Å². The molecule has 3 aliphatic carbocycles. The number of hydrogen-bond donors (Lipinski definition) is 3. The lowest BCUT2D eigenvalue weighted by atomic mass is 9.60. The minimum atomic E-state index is -0.627. The van der Waals surface area contributed by atoms with Gasteiger partial charge in [-0.3, -0.25) is 0 Å². The van der Waals surface area contributed by atoms with Crippen molar-refractivity contribution in [2.45, 2.75) is 117 Å². The summed E-state index contributed by atoms with van der Waals surface area (Å²) >= 11 is 0. The normalized spacial score (nSPS) is 40.0. The van der Waals surface area contributed by atoms with Crippen LogP contribution in [0.4, 0.5) is 0 Å². The Morgan fingerprint density at radius 1 is 1.16 bits per heavy atom. The number of aliphatic hydroxyl groups excluding tert-OH is 3. The molecule has 3 fully saturated rings. The van der Waals surface area contributed by atoms with E-state index in [0.717, 1.165) is 42.7 Å². The third kappa shape index (κ3) is 5.42. The highest BCUT2D eigenvalue weighted by molar-refractivity contribution is 5.39. The van der Waals surface area contributed by atoms with Gasteiger partial charge in [-0.1, -0.05) is 64.3 Å². The average Bonchev–Trinajstić information content (AvgIpc) is 3.10. The first-order chi connectivity index (χ1) is 15.2. The summed E-state index contributed by atoms with van der Waals surface area (Å²) in [7, 11) is 0. The van der Waals surface area contributed by atoms with Gasteiger partial charge >= 0.3 is 0 Å². The molecule has 0 saturated heterocycles. The molecule has 3 saturated carbocycles. The summed E-state index contributed by atoms with van der Waals surface area (Å²) in [5, 5.41) is 30.9. The smallest absolute Gasteiger partial charge is 0.0839 e. The summed E-state index contributed by atoms with van der Waals surface area (Å²) in [5.74, 6) is 2.04. The maximum Gasteiger partial charge on any atom is 0.0839 e. The largest absolute Gasteiger partial charge is 0.393 e. The number of rotatable bonds is 8. The van der Waals surface area contributed by atoms with Crippen molar-refractivity contribution in [2.24, 2.45) is 29.1 Å². The van der Waals surface area contributed by atoms with E-state index in [-0.39, 0.29) is 12.0 Å². The van der Waals surface area contributed by atoms with E-state index >= 15 is 0 Å². The molecule has 3 unspecified atom stereocenters. The van der Waals surface area contributed by atoms with Crippen molar-refractivity contribution in [3.63, 3.8) is 0 Å². The van der Waals surface area contributed by atoms with Crippen LogP contribution in [-0.4, -0.2) is 33.6 Å². The standard InChI is InChI=1S/C29H48O3/c1-6-9-24-27(31)18-23(21(4)28(24)32)14-13-22-12-8-17-29(5)25(15-16-26(22)29)19(2)10-7-11-20(3)30/h13-14,19-20,24-28,30-32H,4,6-12,15-18H2,1-3,5H3/b22-13-,23-14+/t19?,20?,24-,25+,26?,27+,28+,29+/m0/s1. The lowest BCUT2D eigenvalue weighted by molar-refractivity contribution is 0.0138. The highest BCUT2D eigenvalue weighted by Gasteiger charge is 2.50. The first-order valence-corrected chi connectivity index (χ1v) is 13.3. The number of aliphatic hydroxyl groups is 3. The van der Waals surface area contributed by atoms with E-state index in [1.807, 2.05) is 6.92 Å². The Balaban J connectivity index is 1.71. The molecule has 3 nitrogen and oxygen atoms in total. The van der Waals surface area contributed by atoms with Crippen LogP contribution in [-0.2, 0) is 0 Å². The van der Waals surface area contributed by atoms with E-state index in [1.54, 1.807) is 5.57 Å². The minimum absolute atomic E-state index is 0.0822. The Bertz CT molecular complexity index is 705. The topological polar surface area (TPSA) is 60.7 Å². The highest BCUT2D eigenvalue weighted by Crippen LogP contribution is 2.60. The molecule has 3 aliphatic rings. The van der Waals surface area contributed by atoms with Gasteiger partial charge in [0.25, 0.3) is 0 Å². The van der Waals surface area contributed by atoms with Crippen molar-refractivity contribution >= 4 is 0 Å². The van der Waals surface area contributed by atoms with Gasteiger partial charge in [-0.15, -0.1) is 0 Å². The van der Waals surface area contributed by atoms with Crippen molar-refractivity contribution in [1.82, 2.24) is 0 Å². The fourth-order valence-electron chi connectivity index (χ4n) is 7.38. The lowest BCUT2D eigenvalue weighted by Gasteiger charge is -2.44. The molecule has 3 heteroatoms. The summed E-state index contributed by atoms with van der Waals surface area (Å²) in [5.41, 5.74) is 3.78. The van der Waals surface area contributed by atoms with Gasteiger partial charge in [0.15, 0.2) is 0 Å². The van der Waals surface area contributed by atoms with Gasteiger partial charge in [-0.2, -0.15) is 0 Å². The summed E-state index contributed by atoms with van der Waals surface area (Å²) < 4.78 is 0. The molecule has 0 amide bonds. The van der Waals surface area contributed by atoms with E-state index in [9.17, 15) is 15.3 Å². The second kappa shape index (κ2) is 11.0. The molecule has 0 heterocycles. The maximum atomic E-state index is 10.7. The van der Waals surface area contributed by atoms with Gasteiger partial charge in [-0.25, -0.2) is 0 Å². The van der Waals surface area contributed by atoms with Crippen LogP contribution in [0.1, 0.15) is 98.3 Å². The second-order valence-corrected chi connectivity index (χ2v) is 11.5. The predicted octanol–water partition coefficient (Wildman–Crippen LogP) is 6.34. The molecule has 0 aromatic carbocycles. The molecular weight excluding hydrogens is 396 g/mol. The Hall–Kier alpha value is -0.900. The third-order valence-corrected chi connectivity index (χ3v) is 9.23. The van der Waals surface area contributed by atoms with E-state index in [2.05, 4.69) is 39.5 Å². The van der Waals surface area contributed by atoms with Crippen molar-refractivity contribution in [2.75, 3.05) is 0 Å². The predicted molar refractivity (Wildman–Crippen MR) is 133 cm³/mol. The zero-order chi connectivity index (χ0) is 23.5. The summed E-state index contributed by atoms with van der Waals surface area (Å²) in [6.45, 7) is 13.1. The van der Waals surface area contributed by atoms with E-state index < -0.39 is 12.2 Å². The number of fused-ring (bicyclic) bond motifs is 1. The number of allylic oxidation sites excluding steroid dienone is 3. The Kier molecular flexibility index (Phi) is 8.85. The van der Waals surface area contributed by atoms with E-state index in [0.29, 0.717) is 23.7 Å². The summed E-state index contributed by atoms with van der Waals surface area (Å²) in [4.78, 5) is 0. The third-order valence-electron chi connectivity index (χ3n) is 9.23. The van der Waals surface area contributed by atoms with Crippen LogP contribution in [0.5, 0.6) is 0 Å². The van der Waals surface area contributed by atoms with Gasteiger partial charge < -0.3 is 15.3 Å². The van der Waals surface area contributed by atoms with Crippen molar-refractivity contribution < 1.29 is 15.3 Å². The van der Waals surface area contributed by atoms with Crippen LogP contribution in [0.3, 0.4) is 0 Å². The van der Waals surface area contributed by atoms with Crippen molar-refractivity contribution in [3.8, 4) is 0 Å². The fraction of sp³-hybridized carbons (Fsp3) is 0.793. The van der Waals surface area contributed by atoms with Gasteiger partial charge in [0.1, 0.15) is 0 Å². The van der Waals surface area contributed by atoms with E-state index in [1.165, 1.54) is 38.5 Å². The van der Waals surface area contributed by atoms with Crippen molar-refractivity contribution in [1.29, 1.82) is 0 Å². The van der Waals surface area contributed by atoms with Crippen LogP contribution in [0.15, 0.2) is 35.5 Å². The molecule has 0 aromatic rings. The molecule has 0 bridgehead atoms. The van der Waals surface area contributed by atoms with Crippen LogP contribution < -0.4 is 0 Å². The summed E-state index contributed by atoms with van der Waals surface area (Å²) in [6, 6.07) is 0. The molecule has 0 aromatic heterocycles. The molecule has 0 radical (unpaired) electrons. The molecule has 0 aliphatic heterocycles. The first-order valence-electron chi connectivity index (χ1n) is 13.3. The first kappa shape index (κ1) is 25.7. The van der Waals surface area contributed by atoms with Crippen LogP contribution in [0.25, 0.3) is 0 Å². The highest BCUT2D eigenvalue weighted by atomic mass is 16.3. The molecule has 182 valence electrons. The lowest BCUT2D eigenvalue weighted by Crippen LogP contribution is -2.38. The summed E-state index contributed by atoms with van der Waals surface area (Å²) in [6.07, 6.45) is 15.2.